The lowest BCUT2D eigenvalue weighted by Gasteiger charge is -2.08. The van der Waals surface area contributed by atoms with E-state index in [1.807, 2.05) is 61.6 Å². The molecule has 7 heteroatoms. The highest BCUT2D eigenvalue weighted by Gasteiger charge is 2.18. The van der Waals surface area contributed by atoms with Gasteiger partial charge in [-0.15, -0.1) is 11.3 Å². The van der Waals surface area contributed by atoms with Crippen molar-refractivity contribution in [3.63, 3.8) is 0 Å². The molecule has 0 aliphatic heterocycles. The number of amides is 1. The van der Waals surface area contributed by atoms with Crippen molar-refractivity contribution < 1.29 is 9.53 Å². The third kappa shape index (κ3) is 3.29. The molecule has 4 rings (SSSR count). The Hall–Kier alpha value is -2.83. The summed E-state index contributed by atoms with van der Waals surface area (Å²) in [5, 5.41) is 9.12. The van der Waals surface area contributed by atoms with Crippen LogP contribution in [0.5, 0.6) is 5.75 Å². The standard InChI is InChI=1S/C20H16ClN3O2S/c1-24-20-14(18(23-24)12-7-9-13(21)10-8-12)11-17(27-20)19(25)22-15-5-3-4-6-16(15)26-2/h3-11H,1-2H3,(H,22,25). The molecule has 136 valence electrons. The monoisotopic (exact) mass is 397 g/mol. The predicted octanol–water partition coefficient (Wildman–Crippen LogP) is 5.22. The SMILES string of the molecule is COc1ccccc1NC(=O)c1cc2c(-c3ccc(Cl)cc3)nn(C)c2s1. The normalized spacial score (nSPS) is 10.9. The number of nitrogens with one attached hydrogen (secondary N) is 1. The minimum absolute atomic E-state index is 0.178. The number of benzene rings is 2. The lowest BCUT2D eigenvalue weighted by atomic mass is 10.1. The number of fused-ring (bicyclic) bond motifs is 1. The van der Waals surface area contributed by atoms with Crippen LogP contribution in [-0.2, 0) is 7.05 Å². The zero-order valence-electron chi connectivity index (χ0n) is 14.7. The molecule has 5 nitrogen and oxygen atoms in total. The van der Waals surface area contributed by atoms with Gasteiger partial charge in [0.05, 0.1) is 17.7 Å². The van der Waals surface area contributed by atoms with Gasteiger partial charge in [0.2, 0.25) is 0 Å². The number of hydrogen-bond donors (Lipinski definition) is 1. The number of aryl methyl sites for hydroxylation is 1. The van der Waals surface area contributed by atoms with E-state index < -0.39 is 0 Å². The second-order valence-electron chi connectivity index (χ2n) is 5.96. The average molecular weight is 398 g/mol. The highest BCUT2D eigenvalue weighted by atomic mass is 35.5. The van der Waals surface area contributed by atoms with Crippen molar-refractivity contribution in [2.24, 2.45) is 7.05 Å². The Morgan fingerprint density at radius 1 is 1.19 bits per heavy atom. The maximum absolute atomic E-state index is 12.8. The Kier molecular flexibility index (Phi) is 4.59. The molecule has 4 aromatic rings. The number of methoxy groups -OCH3 is 1. The van der Waals surface area contributed by atoms with Crippen molar-refractivity contribution in [3.8, 4) is 17.0 Å². The minimum atomic E-state index is -0.178. The van der Waals surface area contributed by atoms with Gasteiger partial charge in [0.1, 0.15) is 16.3 Å². The number of hydrogen-bond acceptors (Lipinski definition) is 4. The summed E-state index contributed by atoms with van der Waals surface area (Å²) in [5.74, 6) is 0.443. The fraction of sp³-hybridized carbons (Fsp3) is 0.100. The van der Waals surface area contributed by atoms with Crippen molar-refractivity contribution in [3.05, 3.63) is 64.5 Å². The molecular formula is C20H16ClN3O2S. The highest BCUT2D eigenvalue weighted by molar-refractivity contribution is 7.20. The van der Waals surface area contributed by atoms with Crippen LogP contribution in [0.2, 0.25) is 5.02 Å². The van der Waals surface area contributed by atoms with E-state index in [-0.39, 0.29) is 5.91 Å². The molecule has 0 bridgehead atoms. The molecule has 0 radical (unpaired) electrons. The lowest BCUT2D eigenvalue weighted by molar-refractivity contribution is 0.103. The molecular weight excluding hydrogens is 382 g/mol. The van der Waals surface area contributed by atoms with Crippen LogP contribution in [0.3, 0.4) is 0 Å². The Morgan fingerprint density at radius 2 is 1.93 bits per heavy atom. The summed E-state index contributed by atoms with van der Waals surface area (Å²) in [4.78, 5) is 14.3. The van der Waals surface area contributed by atoms with E-state index in [0.717, 1.165) is 21.5 Å². The summed E-state index contributed by atoms with van der Waals surface area (Å²) in [6, 6.07) is 16.7. The van der Waals surface area contributed by atoms with Crippen molar-refractivity contribution in [1.29, 1.82) is 0 Å². The number of carbonyl (C=O) groups excluding carboxylic acids is 1. The fourth-order valence-electron chi connectivity index (χ4n) is 2.91. The van der Waals surface area contributed by atoms with Crippen LogP contribution < -0.4 is 10.1 Å². The van der Waals surface area contributed by atoms with Crippen molar-refractivity contribution in [2.45, 2.75) is 0 Å². The number of nitrogens with zero attached hydrogens (tertiary/aromatic N) is 2. The molecule has 0 unspecified atom stereocenters. The summed E-state index contributed by atoms with van der Waals surface area (Å²) in [6.45, 7) is 0. The summed E-state index contributed by atoms with van der Waals surface area (Å²) in [5.41, 5.74) is 2.43. The summed E-state index contributed by atoms with van der Waals surface area (Å²) in [7, 11) is 3.45. The Morgan fingerprint density at radius 3 is 2.67 bits per heavy atom. The number of rotatable bonds is 4. The molecule has 0 atom stereocenters. The van der Waals surface area contributed by atoms with E-state index in [4.69, 9.17) is 16.3 Å². The average Bonchev–Trinajstić information content (AvgIpc) is 3.24. The molecule has 2 aromatic carbocycles. The Bertz CT molecular complexity index is 1130. The van der Waals surface area contributed by atoms with Crippen molar-refractivity contribution in [2.75, 3.05) is 12.4 Å². The molecule has 27 heavy (non-hydrogen) atoms. The molecule has 2 heterocycles. The van der Waals surface area contributed by atoms with Crippen molar-refractivity contribution >= 4 is 44.7 Å². The van der Waals surface area contributed by atoms with Gasteiger partial charge in [-0.1, -0.05) is 35.9 Å². The largest absolute Gasteiger partial charge is 0.495 e. The van der Waals surface area contributed by atoms with Gasteiger partial charge in [-0.3, -0.25) is 9.48 Å². The summed E-state index contributed by atoms with van der Waals surface area (Å²) >= 11 is 7.39. The third-order valence-electron chi connectivity index (χ3n) is 4.21. The Balaban J connectivity index is 1.70. The van der Waals surface area contributed by atoms with E-state index in [9.17, 15) is 4.79 Å². The van der Waals surface area contributed by atoms with Crippen LogP contribution in [0.25, 0.3) is 21.5 Å². The van der Waals surface area contributed by atoms with Crippen LogP contribution in [0.1, 0.15) is 9.67 Å². The van der Waals surface area contributed by atoms with Crippen LogP contribution >= 0.6 is 22.9 Å². The van der Waals surface area contributed by atoms with Crippen LogP contribution in [-0.4, -0.2) is 22.8 Å². The zero-order valence-corrected chi connectivity index (χ0v) is 16.3. The number of carbonyl (C=O) groups is 1. The fourth-order valence-corrected chi connectivity index (χ4v) is 4.00. The maximum atomic E-state index is 12.8. The second-order valence-corrected chi connectivity index (χ2v) is 7.43. The van der Waals surface area contributed by atoms with E-state index >= 15 is 0 Å². The molecule has 0 saturated carbocycles. The number of halogens is 1. The Labute approximate surface area is 165 Å². The van der Waals surface area contributed by atoms with E-state index in [2.05, 4.69) is 10.4 Å². The predicted molar refractivity (Wildman–Crippen MR) is 110 cm³/mol. The van der Waals surface area contributed by atoms with E-state index in [1.165, 1.54) is 11.3 Å². The van der Waals surface area contributed by atoms with E-state index in [1.54, 1.807) is 11.8 Å². The number of ether oxygens (including phenoxy) is 1. The van der Waals surface area contributed by atoms with Gasteiger partial charge < -0.3 is 10.1 Å². The van der Waals surface area contributed by atoms with Crippen LogP contribution in [0.15, 0.2) is 54.6 Å². The quantitative estimate of drug-likeness (QED) is 0.513. The van der Waals surface area contributed by atoms with Gasteiger partial charge in [0.15, 0.2) is 0 Å². The number of anilines is 1. The van der Waals surface area contributed by atoms with Gasteiger partial charge in [-0.2, -0.15) is 5.10 Å². The summed E-state index contributed by atoms with van der Waals surface area (Å²) in [6.07, 6.45) is 0. The first-order valence-corrected chi connectivity index (χ1v) is 9.43. The first kappa shape index (κ1) is 17.6. The molecule has 0 aliphatic rings. The molecule has 0 saturated heterocycles. The maximum Gasteiger partial charge on any atom is 0.265 e. The second kappa shape index (κ2) is 7.06. The van der Waals surface area contributed by atoms with Crippen LogP contribution in [0.4, 0.5) is 5.69 Å². The number of aromatic nitrogens is 2. The number of para-hydroxylation sites is 2. The molecule has 0 fully saturated rings. The summed E-state index contributed by atoms with van der Waals surface area (Å²) < 4.78 is 7.09. The molecule has 1 N–H and O–H groups in total. The zero-order chi connectivity index (χ0) is 19.0. The first-order valence-electron chi connectivity index (χ1n) is 8.23. The molecule has 2 aromatic heterocycles. The van der Waals surface area contributed by atoms with Crippen molar-refractivity contribution in [1.82, 2.24) is 9.78 Å². The smallest absolute Gasteiger partial charge is 0.265 e. The topological polar surface area (TPSA) is 56.1 Å². The van der Waals surface area contributed by atoms with Gasteiger partial charge >= 0.3 is 0 Å². The van der Waals surface area contributed by atoms with Gasteiger partial charge in [-0.25, -0.2) is 0 Å². The minimum Gasteiger partial charge on any atom is -0.495 e. The van der Waals surface area contributed by atoms with Gasteiger partial charge in [-0.05, 0) is 30.3 Å². The first-order chi connectivity index (χ1) is 13.1. The molecule has 0 spiro atoms. The lowest BCUT2D eigenvalue weighted by Crippen LogP contribution is -2.11. The van der Waals surface area contributed by atoms with Gasteiger partial charge in [0.25, 0.3) is 5.91 Å². The molecule has 0 aliphatic carbocycles. The highest BCUT2D eigenvalue weighted by Crippen LogP contribution is 2.34. The molecule has 1 amide bonds. The third-order valence-corrected chi connectivity index (χ3v) is 5.66. The van der Waals surface area contributed by atoms with Crippen LogP contribution in [0, 0.1) is 0 Å². The number of thiophene rings is 1. The van der Waals surface area contributed by atoms with E-state index in [0.29, 0.717) is 21.3 Å². The van der Waals surface area contributed by atoms with Gasteiger partial charge in [0, 0.05) is 23.0 Å².